The maximum atomic E-state index is 14.8. The maximum Gasteiger partial charge on any atom is 0.324 e. The molecule has 2 fully saturated rings. The van der Waals surface area contributed by atoms with Gasteiger partial charge in [0.2, 0.25) is 17.7 Å². The molecule has 15 heteroatoms. The fourth-order valence-corrected chi connectivity index (χ4v) is 10.5. The highest BCUT2D eigenvalue weighted by Crippen LogP contribution is 2.42. The number of phenolic OH excluding ortho intramolecular Hbond substituents is 1. The minimum absolute atomic E-state index is 0.00345. The first-order chi connectivity index (χ1) is 33.2. The van der Waals surface area contributed by atoms with Crippen LogP contribution in [0.15, 0.2) is 72.8 Å². The Hall–Kier alpha value is -6.03. The van der Waals surface area contributed by atoms with E-state index in [0.29, 0.717) is 44.3 Å². The maximum absolute atomic E-state index is 14.8. The summed E-state index contributed by atoms with van der Waals surface area (Å²) in [6.45, 7) is 13.3. The second kappa shape index (κ2) is 21.9. The van der Waals surface area contributed by atoms with Crippen LogP contribution in [-0.4, -0.2) is 150 Å². The Bertz CT molecular complexity index is 2620. The van der Waals surface area contributed by atoms with Gasteiger partial charge in [-0.05, 0) is 119 Å². The second-order valence-corrected chi connectivity index (χ2v) is 21.2. The van der Waals surface area contributed by atoms with Crippen LogP contribution in [0, 0.1) is 17.3 Å². The van der Waals surface area contributed by atoms with Crippen LogP contribution >= 0.6 is 0 Å². The highest BCUT2D eigenvalue weighted by Gasteiger charge is 2.40. The zero-order valence-corrected chi connectivity index (χ0v) is 42.9. The van der Waals surface area contributed by atoms with Crippen LogP contribution in [0.5, 0.6) is 5.75 Å². The first-order valence-corrected chi connectivity index (χ1v) is 24.9. The molecule has 1 unspecified atom stereocenters. The number of carbonyl (C=O) groups excluding carboxylic acids is 5. The van der Waals surface area contributed by atoms with Crippen LogP contribution in [0.1, 0.15) is 70.6 Å². The molecule has 3 aromatic carbocycles. The number of cyclic esters (lactones) is 1. The number of benzene rings is 3. The molecule has 4 aromatic rings. The van der Waals surface area contributed by atoms with Crippen molar-refractivity contribution in [2.24, 2.45) is 17.3 Å². The number of likely N-dealkylation sites (tertiary alicyclic amines) is 1. The van der Waals surface area contributed by atoms with E-state index in [0.717, 1.165) is 51.9 Å². The Morgan fingerprint density at radius 1 is 0.957 bits per heavy atom. The van der Waals surface area contributed by atoms with Crippen LogP contribution < -0.4 is 10.7 Å². The number of hydrazine groups is 1. The minimum atomic E-state index is -1.15. The van der Waals surface area contributed by atoms with Crippen LogP contribution in [0.25, 0.3) is 33.3 Å². The molecule has 4 atom stereocenters. The van der Waals surface area contributed by atoms with Crippen molar-refractivity contribution in [1.82, 2.24) is 39.9 Å². The highest BCUT2D eigenvalue weighted by atomic mass is 16.5. The quantitative estimate of drug-likeness (QED) is 0.116. The number of fused-ring (bicyclic) bond motifs is 6. The van der Waals surface area contributed by atoms with E-state index >= 15 is 0 Å². The van der Waals surface area contributed by atoms with E-state index in [1.807, 2.05) is 38.9 Å². The number of hydrogen-bond acceptors (Lipinski definition) is 10. The van der Waals surface area contributed by atoms with E-state index < -0.39 is 47.2 Å². The molecule has 2 saturated heterocycles. The summed E-state index contributed by atoms with van der Waals surface area (Å²) in [6, 6.07) is 17.2. The van der Waals surface area contributed by atoms with Crippen molar-refractivity contribution in [2.75, 3.05) is 68.0 Å². The van der Waals surface area contributed by atoms with Gasteiger partial charge in [0.1, 0.15) is 23.9 Å². The zero-order chi connectivity index (χ0) is 50.6. The average Bonchev–Trinajstić information content (AvgIpc) is 3.92. The van der Waals surface area contributed by atoms with Gasteiger partial charge in [-0.25, -0.2) is 5.43 Å². The van der Waals surface area contributed by atoms with Gasteiger partial charge in [-0.15, -0.1) is 0 Å². The molecule has 7 rings (SSSR count). The Kier molecular flexibility index (Phi) is 16.2. The monoisotopic (exact) mass is 959 g/mol. The molecular weight excluding hydrogens is 885 g/mol. The van der Waals surface area contributed by atoms with Crippen molar-refractivity contribution in [3.05, 3.63) is 89.5 Å². The largest absolute Gasteiger partial charge is 0.508 e. The SMILES string of the molecule is CCn1c(-c2ccccc2CN(C)C)c2c3cc(ccc31)-c1cc(O)cc(c1)C[C@H](NC(=O)C(C(C)C)N(C)C(=O)[C@H]1CCN(C(=O)/C=C/CN(C)C)C1)C(=O)N1CCC[C@H](N1)C(=O)OCC(C)(C)C2. The first-order valence-electron chi connectivity index (χ1n) is 24.9. The molecule has 6 bridgehead atoms. The number of nitrogens with one attached hydrogen (secondary N) is 2. The predicted molar refractivity (Wildman–Crippen MR) is 273 cm³/mol. The van der Waals surface area contributed by atoms with Crippen molar-refractivity contribution in [3.63, 3.8) is 0 Å². The molecular formula is C55H74N8O7. The van der Waals surface area contributed by atoms with Gasteiger partial charge in [-0.1, -0.05) is 70.2 Å². The fraction of sp³-hybridized carbons (Fsp3) is 0.509. The summed E-state index contributed by atoms with van der Waals surface area (Å²) in [7, 11) is 9.58. The molecule has 376 valence electrons. The lowest BCUT2D eigenvalue weighted by atomic mass is 9.84. The molecule has 0 spiro atoms. The normalized spacial score (nSPS) is 20.3. The van der Waals surface area contributed by atoms with Crippen molar-refractivity contribution >= 4 is 40.5 Å². The number of aryl methyl sites for hydroxylation is 1. The number of nitrogens with zero attached hydrogens (tertiary/aromatic N) is 6. The topological polar surface area (TPSA) is 160 Å². The lowest BCUT2D eigenvalue weighted by Gasteiger charge is -2.37. The summed E-state index contributed by atoms with van der Waals surface area (Å²) in [6.07, 6.45) is 5.37. The lowest BCUT2D eigenvalue weighted by Crippen LogP contribution is -2.62. The van der Waals surface area contributed by atoms with Crippen molar-refractivity contribution in [2.45, 2.75) is 97.9 Å². The van der Waals surface area contributed by atoms with E-state index in [9.17, 15) is 29.1 Å². The molecule has 0 saturated carbocycles. The number of esters is 1. The Balaban J connectivity index is 1.26. The highest BCUT2D eigenvalue weighted by molar-refractivity contribution is 5.96. The number of carbonyl (C=O) groups is 5. The van der Waals surface area contributed by atoms with E-state index in [2.05, 4.69) is 97.5 Å². The molecule has 3 N–H and O–H groups in total. The van der Waals surface area contributed by atoms with Gasteiger partial charge in [0.05, 0.1) is 18.2 Å². The van der Waals surface area contributed by atoms with Crippen LogP contribution in [0.4, 0.5) is 0 Å². The van der Waals surface area contributed by atoms with Gasteiger partial charge in [-0.2, -0.15) is 0 Å². The van der Waals surface area contributed by atoms with Gasteiger partial charge in [0.15, 0.2) is 0 Å². The number of aromatic nitrogens is 1. The standard InChI is InChI=1S/C55H74N8O7/c1-11-62-47-21-20-37-30-43(47)44(50(62)42-17-13-12-16-38(42)32-59(8)9)31-55(4,5)34-70-54(69)45-18-14-24-63(57-45)53(68)46(28-36-26-40(37)29-41(64)27-36)56-51(66)49(35(2)3)60(10)52(67)39-22-25-61(33-39)48(65)19-15-23-58(6)7/h12-13,15-17,19-21,26-27,29-30,35,39,45-46,49,57,64H,11,14,18,22-25,28,31-34H2,1-10H3,(H,56,66)/b19-15+/t39-,45-,46-,49?/m0/s1. The molecule has 15 nitrogen and oxygen atoms in total. The minimum Gasteiger partial charge on any atom is -0.508 e. The molecule has 0 radical (unpaired) electrons. The zero-order valence-electron chi connectivity index (χ0n) is 42.9. The molecule has 0 aliphatic carbocycles. The first kappa shape index (κ1) is 51.8. The number of hydrogen-bond donors (Lipinski definition) is 3. The Morgan fingerprint density at radius 3 is 2.43 bits per heavy atom. The van der Waals surface area contributed by atoms with E-state index in [1.54, 1.807) is 30.2 Å². The van der Waals surface area contributed by atoms with Gasteiger partial charge in [0, 0.05) is 80.7 Å². The van der Waals surface area contributed by atoms with Gasteiger partial charge >= 0.3 is 5.97 Å². The Morgan fingerprint density at radius 2 is 1.71 bits per heavy atom. The summed E-state index contributed by atoms with van der Waals surface area (Å²) in [4.78, 5) is 77.7. The number of aromatic hydroxyl groups is 1. The number of amides is 4. The fourth-order valence-electron chi connectivity index (χ4n) is 10.5. The number of likely N-dealkylation sites (N-methyl/N-ethyl adjacent to an activating group) is 2. The third kappa shape index (κ3) is 11.8. The smallest absolute Gasteiger partial charge is 0.324 e. The molecule has 4 amide bonds. The average molecular weight is 959 g/mol. The van der Waals surface area contributed by atoms with Crippen LogP contribution in [0.2, 0.25) is 0 Å². The molecule has 4 heterocycles. The molecule has 70 heavy (non-hydrogen) atoms. The number of ether oxygens (including phenoxy) is 1. The summed E-state index contributed by atoms with van der Waals surface area (Å²) >= 11 is 0. The van der Waals surface area contributed by atoms with E-state index in [1.165, 1.54) is 21.5 Å². The molecule has 3 aliphatic heterocycles. The summed E-state index contributed by atoms with van der Waals surface area (Å²) in [5, 5.41) is 16.9. The third-order valence-corrected chi connectivity index (χ3v) is 13.9. The third-order valence-electron chi connectivity index (χ3n) is 13.9. The van der Waals surface area contributed by atoms with Crippen LogP contribution in [-0.2, 0) is 54.6 Å². The van der Waals surface area contributed by atoms with Crippen molar-refractivity contribution < 1.29 is 33.8 Å². The molecule has 3 aliphatic rings. The van der Waals surface area contributed by atoms with Crippen molar-refractivity contribution in [1.29, 1.82) is 0 Å². The summed E-state index contributed by atoms with van der Waals surface area (Å²) in [5.41, 5.74) is 10.5. The predicted octanol–water partition coefficient (Wildman–Crippen LogP) is 5.86. The number of phenols is 1. The lowest BCUT2D eigenvalue weighted by molar-refractivity contribution is -0.155. The summed E-state index contributed by atoms with van der Waals surface area (Å²) in [5.74, 6) is -2.68. The van der Waals surface area contributed by atoms with Gasteiger partial charge in [-0.3, -0.25) is 29.0 Å². The van der Waals surface area contributed by atoms with E-state index in [4.69, 9.17) is 4.74 Å². The number of rotatable bonds is 12. The van der Waals surface area contributed by atoms with E-state index in [-0.39, 0.29) is 49.6 Å². The summed E-state index contributed by atoms with van der Waals surface area (Å²) < 4.78 is 8.51. The van der Waals surface area contributed by atoms with Crippen LogP contribution in [0.3, 0.4) is 0 Å². The second-order valence-electron chi connectivity index (χ2n) is 21.2. The van der Waals surface area contributed by atoms with Gasteiger partial charge < -0.3 is 39.3 Å². The van der Waals surface area contributed by atoms with Gasteiger partial charge in [0.25, 0.3) is 5.91 Å². The van der Waals surface area contributed by atoms with Crippen molar-refractivity contribution in [3.8, 4) is 28.1 Å². The Labute approximate surface area is 413 Å². The molecule has 1 aromatic heterocycles.